The Morgan fingerprint density at radius 2 is 1.33 bits per heavy atom. The summed E-state index contributed by atoms with van der Waals surface area (Å²) in [5, 5.41) is -14.2. The highest BCUT2D eigenvalue weighted by molar-refractivity contribution is 8.44. The van der Waals surface area contributed by atoms with Gasteiger partial charge in [0.25, 0.3) is 0 Å². The zero-order valence-electron chi connectivity index (χ0n) is 19.5. The highest BCUT2D eigenvalue weighted by Gasteiger charge is 2.83. The molecule has 0 saturated heterocycles. The highest BCUT2D eigenvalue weighted by Crippen LogP contribution is 2.53. The molecule has 0 atom stereocenters. The van der Waals surface area contributed by atoms with Crippen LogP contribution >= 0.6 is 10.0 Å². The lowest BCUT2D eigenvalue weighted by molar-refractivity contribution is -0.247. The van der Waals surface area contributed by atoms with Gasteiger partial charge in [0.05, 0.1) is 6.42 Å². The summed E-state index contributed by atoms with van der Waals surface area (Å²) in [6, 6.07) is 3.39. The molecule has 0 aliphatic carbocycles. The van der Waals surface area contributed by atoms with Gasteiger partial charge in [-0.25, -0.2) is 0 Å². The Bertz CT molecular complexity index is 1220. The first-order valence-electron chi connectivity index (χ1n) is 9.73. The van der Waals surface area contributed by atoms with Crippen molar-refractivity contribution in [2.45, 2.75) is 54.9 Å². The van der Waals surface area contributed by atoms with Crippen molar-refractivity contribution in [3.63, 3.8) is 0 Å². The molecule has 0 bridgehead atoms. The largest absolute Gasteiger partial charge is 0.450 e. The van der Waals surface area contributed by atoms with Crippen LogP contribution in [0.3, 0.4) is 0 Å². The Morgan fingerprint density at radius 3 is 1.72 bits per heavy atom. The van der Waals surface area contributed by atoms with Crippen molar-refractivity contribution in [2.75, 3.05) is 12.5 Å². The van der Waals surface area contributed by atoms with Crippen LogP contribution in [-0.4, -0.2) is 61.2 Å². The van der Waals surface area contributed by atoms with Crippen molar-refractivity contribution in [1.82, 2.24) is 0 Å². The van der Waals surface area contributed by atoms with E-state index in [-0.39, 0.29) is 10.7 Å². The molecule has 1 N–H and O–H groups in total. The lowest BCUT2D eigenvalue weighted by Gasteiger charge is -2.31. The molecular formula is C19H24F6O8S3. The van der Waals surface area contributed by atoms with Gasteiger partial charge in [-0.2, -0.15) is 53.2 Å². The molecule has 1 aromatic rings. The van der Waals surface area contributed by atoms with E-state index in [4.69, 9.17) is 4.55 Å². The van der Waals surface area contributed by atoms with Gasteiger partial charge in [-0.15, -0.1) is 0 Å². The molecule has 208 valence electrons. The first kappa shape index (κ1) is 32.2. The molecule has 0 aromatic heterocycles. The summed E-state index contributed by atoms with van der Waals surface area (Å²) >= 11 is 0. The van der Waals surface area contributed by atoms with Crippen molar-refractivity contribution < 1.29 is 61.5 Å². The minimum atomic E-state index is -7.16. The van der Waals surface area contributed by atoms with Crippen LogP contribution in [-0.2, 0) is 29.8 Å². The number of halogens is 6. The topological polar surface area (TPSA) is 132 Å². The number of benzene rings is 1. The van der Waals surface area contributed by atoms with Crippen molar-refractivity contribution in [2.24, 2.45) is 5.41 Å². The summed E-state index contributed by atoms with van der Waals surface area (Å²) in [6.07, 6.45) is 3.02. The second-order valence-corrected chi connectivity index (χ2v) is 15.3. The average Bonchev–Trinajstić information content (AvgIpc) is 2.72. The Labute approximate surface area is 205 Å². The van der Waals surface area contributed by atoms with Crippen molar-refractivity contribution in [1.29, 1.82) is 0 Å². The quantitative estimate of drug-likeness (QED) is 0.173. The number of rotatable bonds is 11. The fourth-order valence-corrected chi connectivity index (χ4v) is 5.38. The minimum absolute atomic E-state index is 0.217. The summed E-state index contributed by atoms with van der Waals surface area (Å²) in [4.78, 5) is 25.3. The monoisotopic (exact) mass is 590 g/mol. The number of ketones is 1. The number of alkyl halides is 6. The van der Waals surface area contributed by atoms with Gasteiger partial charge in [-0.3, -0.25) is 14.1 Å². The van der Waals surface area contributed by atoms with E-state index in [0.29, 0.717) is 18.6 Å². The van der Waals surface area contributed by atoms with E-state index < -0.39 is 69.4 Å². The van der Waals surface area contributed by atoms with Crippen molar-refractivity contribution in [3.8, 4) is 5.75 Å². The van der Waals surface area contributed by atoms with Crippen LogP contribution in [0.1, 0.15) is 33.6 Å². The molecule has 17 heteroatoms. The first-order chi connectivity index (χ1) is 15.8. The lowest BCUT2D eigenvalue weighted by Crippen LogP contribution is -2.61. The molecule has 0 fully saturated rings. The van der Waals surface area contributed by atoms with Crippen LogP contribution in [0.2, 0.25) is 0 Å². The second-order valence-electron chi connectivity index (χ2n) is 8.63. The smallest absolute Gasteiger partial charge is 0.378 e. The van der Waals surface area contributed by atoms with Gasteiger partial charge in [-0.05, 0) is 48.1 Å². The maximum absolute atomic E-state index is 13.9. The molecule has 0 amide bonds. The van der Waals surface area contributed by atoms with E-state index in [1.165, 1.54) is 12.5 Å². The molecule has 8 nitrogen and oxygen atoms in total. The van der Waals surface area contributed by atoms with Crippen LogP contribution in [0.5, 0.6) is 5.75 Å². The van der Waals surface area contributed by atoms with Crippen LogP contribution < -0.4 is 4.18 Å². The highest BCUT2D eigenvalue weighted by atomic mass is 32.3. The Morgan fingerprint density at radius 1 is 0.889 bits per heavy atom. The number of Topliss-reactive ketones (excluding diaryl/α,β-unsaturated/α-hetero) is 1. The van der Waals surface area contributed by atoms with Gasteiger partial charge in [0.15, 0.2) is 5.12 Å². The summed E-state index contributed by atoms with van der Waals surface area (Å²) in [7, 11) is -16.5. The molecular weight excluding hydrogens is 566 g/mol. The molecule has 0 aliphatic heterocycles. The zero-order chi connectivity index (χ0) is 28.8. The molecule has 1 aromatic carbocycles. The van der Waals surface area contributed by atoms with E-state index in [9.17, 15) is 52.8 Å². The first-order valence-corrected chi connectivity index (χ1v) is 15.0. The fourth-order valence-electron chi connectivity index (χ4n) is 2.38. The molecule has 0 unspecified atom stereocenters. The zero-order valence-corrected chi connectivity index (χ0v) is 22.0. The van der Waals surface area contributed by atoms with Crippen molar-refractivity contribution in [3.05, 3.63) is 24.3 Å². The number of hydrogen-bond acceptors (Lipinski definition) is 7. The molecule has 0 spiro atoms. The Hall–Kier alpha value is -1.85. The third-order valence-corrected chi connectivity index (χ3v) is 10.4. The number of carbonyl (C=O) groups is 2. The summed E-state index contributed by atoms with van der Waals surface area (Å²) < 4.78 is 138. The molecule has 1 rings (SSSR count). The standard InChI is InChI=1S/C19H24F6O8S3/c1-6-16(2,3)14(26)11-15(27)34(4,5)13-9-7-12(8-10-13)33-36(31,32)19(24,25)17(20,21)18(22,23)35(28,29)30/h7-10H,6,11H2,1-5H3,(H,28,29,30). The minimum Gasteiger partial charge on any atom is -0.378 e. The van der Waals surface area contributed by atoms with Gasteiger partial charge in [-0.1, -0.05) is 20.8 Å². The third-order valence-electron chi connectivity index (χ3n) is 5.50. The van der Waals surface area contributed by atoms with E-state index in [1.54, 1.807) is 20.8 Å². The van der Waals surface area contributed by atoms with Gasteiger partial charge in [0.2, 0.25) is 0 Å². The van der Waals surface area contributed by atoms with E-state index in [1.807, 2.05) is 0 Å². The summed E-state index contributed by atoms with van der Waals surface area (Å²) in [5.41, 5.74) is -0.767. The second kappa shape index (κ2) is 9.79. The van der Waals surface area contributed by atoms with Gasteiger partial charge < -0.3 is 4.18 Å². The molecule has 0 radical (unpaired) electrons. The van der Waals surface area contributed by atoms with Crippen LogP contribution in [0.25, 0.3) is 0 Å². The van der Waals surface area contributed by atoms with E-state index in [0.717, 1.165) is 12.1 Å². The van der Waals surface area contributed by atoms with E-state index in [2.05, 4.69) is 4.18 Å². The van der Waals surface area contributed by atoms with Crippen molar-refractivity contribution >= 4 is 41.2 Å². The molecule has 36 heavy (non-hydrogen) atoms. The van der Waals surface area contributed by atoms with Gasteiger partial charge in [0.1, 0.15) is 11.5 Å². The third kappa shape index (κ3) is 5.67. The molecule has 0 saturated carbocycles. The number of carbonyl (C=O) groups excluding carboxylic acids is 2. The predicted molar refractivity (Wildman–Crippen MR) is 119 cm³/mol. The van der Waals surface area contributed by atoms with Gasteiger partial charge >= 0.3 is 36.7 Å². The molecule has 0 heterocycles. The summed E-state index contributed by atoms with van der Waals surface area (Å²) in [5.74, 6) is -8.52. The van der Waals surface area contributed by atoms with Gasteiger partial charge in [0, 0.05) is 5.41 Å². The maximum Gasteiger partial charge on any atom is 0.450 e. The molecule has 0 aliphatic rings. The predicted octanol–water partition coefficient (Wildman–Crippen LogP) is 4.45. The maximum atomic E-state index is 13.9. The van der Waals surface area contributed by atoms with Crippen LogP contribution in [0, 0.1) is 5.41 Å². The summed E-state index contributed by atoms with van der Waals surface area (Å²) in [6.45, 7) is 5.07. The Balaban J connectivity index is 3.25. The fraction of sp³-hybridized carbons (Fsp3) is 0.579. The van der Waals surface area contributed by atoms with E-state index >= 15 is 0 Å². The SMILES string of the molecule is CCC(C)(C)C(=O)CC(=O)S(C)(C)c1ccc(OS(=O)(=O)C(F)(F)C(F)(F)C(F)(F)S(=O)(=O)O)cc1. The average molecular weight is 591 g/mol. The lowest BCUT2D eigenvalue weighted by atomic mass is 9.84. The normalized spacial score (nSPS) is 14.9. The Kier molecular flexibility index (Phi) is 8.75. The number of hydrogen-bond donors (Lipinski definition) is 1. The van der Waals surface area contributed by atoms with Crippen LogP contribution in [0.4, 0.5) is 26.3 Å². The van der Waals surface area contributed by atoms with Crippen LogP contribution in [0.15, 0.2) is 29.2 Å².